The Hall–Kier alpha value is -1.83. The minimum atomic E-state index is -0.309. The van der Waals surface area contributed by atoms with Crippen LogP contribution in [0.2, 0.25) is 5.02 Å². The number of carbonyl (C=O) groups is 1. The van der Waals surface area contributed by atoms with Crippen LogP contribution in [0.25, 0.3) is 0 Å². The van der Waals surface area contributed by atoms with Crippen LogP contribution in [0.4, 0.5) is 5.69 Å². The monoisotopic (exact) mass is 392 g/mol. The van der Waals surface area contributed by atoms with Gasteiger partial charge in [0.15, 0.2) is 5.16 Å². The van der Waals surface area contributed by atoms with Crippen molar-refractivity contribution >= 4 is 46.3 Å². The summed E-state index contributed by atoms with van der Waals surface area (Å²) in [5.74, 6) is 0.780. The summed E-state index contributed by atoms with van der Waals surface area (Å²) in [6.45, 7) is 1.85. The molecule has 0 bridgehead atoms. The lowest BCUT2D eigenvalue weighted by atomic mass is 10.3. The number of thioether (sulfide) groups is 1. The molecular formula is C17H17ClN4OS2. The van der Waals surface area contributed by atoms with Crippen molar-refractivity contribution in [3.05, 3.63) is 57.5 Å². The number of nitrogens with one attached hydrogen (secondary N) is 1. The molecule has 2 heterocycles. The van der Waals surface area contributed by atoms with E-state index >= 15 is 0 Å². The summed E-state index contributed by atoms with van der Waals surface area (Å²) < 4.78 is 1.94. The average molecular weight is 393 g/mol. The van der Waals surface area contributed by atoms with E-state index in [4.69, 9.17) is 11.6 Å². The molecule has 1 N–H and O–H groups in total. The summed E-state index contributed by atoms with van der Waals surface area (Å²) in [6.07, 6.45) is 0.741. The van der Waals surface area contributed by atoms with Gasteiger partial charge in [0.05, 0.1) is 5.25 Å². The molecule has 0 radical (unpaired) electrons. The predicted molar refractivity (Wildman–Crippen MR) is 104 cm³/mol. The van der Waals surface area contributed by atoms with Gasteiger partial charge in [-0.3, -0.25) is 4.79 Å². The number of nitrogens with zero attached hydrogens (tertiary/aromatic N) is 3. The Morgan fingerprint density at radius 3 is 2.92 bits per heavy atom. The number of benzene rings is 1. The van der Waals surface area contributed by atoms with E-state index in [0.29, 0.717) is 10.7 Å². The first-order valence-electron chi connectivity index (χ1n) is 7.66. The van der Waals surface area contributed by atoms with E-state index in [1.54, 1.807) is 29.5 Å². The fraction of sp³-hybridized carbons (Fsp3) is 0.235. The van der Waals surface area contributed by atoms with Crippen LogP contribution in [0.5, 0.6) is 0 Å². The van der Waals surface area contributed by atoms with Crippen molar-refractivity contribution in [1.29, 1.82) is 0 Å². The molecule has 0 fully saturated rings. The quantitative estimate of drug-likeness (QED) is 0.637. The van der Waals surface area contributed by atoms with Gasteiger partial charge in [0.2, 0.25) is 5.91 Å². The number of aromatic nitrogens is 3. The molecule has 0 spiro atoms. The molecule has 2 aromatic heterocycles. The number of carbonyl (C=O) groups excluding carboxylic acids is 1. The van der Waals surface area contributed by atoms with Crippen LogP contribution < -0.4 is 5.32 Å². The van der Waals surface area contributed by atoms with Gasteiger partial charge >= 0.3 is 0 Å². The molecule has 3 aromatic rings. The van der Waals surface area contributed by atoms with Gasteiger partial charge in [-0.1, -0.05) is 35.5 Å². The zero-order valence-corrected chi connectivity index (χ0v) is 16.2. The van der Waals surface area contributed by atoms with E-state index in [9.17, 15) is 4.79 Å². The second-order valence-electron chi connectivity index (χ2n) is 5.47. The molecule has 0 aliphatic heterocycles. The first kappa shape index (κ1) is 18.0. The summed E-state index contributed by atoms with van der Waals surface area (Å²) in [7, 11) is 1.92. The van der Waals surface area contributed by atoms with Crippen LogP contribution in [0, 0.1) is 0 Å². The highest BCUT2D eigenvalue weighted by Gasteiger charge is 2.19. The summed E-state index contributed by atoms with van der Waals surface area (Å²) in [5, 5.41) is 14.4. The van der Waals surface area contributed by atoms with Crippen LogP contribution in [-0.4, -0.2) is 25.9 Å². The van der Waals surface area contributed by atoms with Crippen LogP contribution in [0.3, 0.4) is 0 Å². The van der Waals surface area contributed by atoms with E-state index in [1.807, 2.05) is 36.1 Å². The smallest absolute Gasteiger partial charge is 0.237 e. The molecule has 130 valence electrons. The maximum Gasteiger partial charge on any atom is 0.237 e. The Kier molecular flexibility index (Phi) is 5.78. The Morgan fingerprint density at radius 1 is 1.36 bits per heavy atom. The lowest BCUT2D eigenvalue weighted by molar-refractivity contribution is -0.115. The first-order chi connectivity index (χ1) is 12.0. The van der Waals surface area contributed by atoms with Crippen molar-refractivity contribution in [3.8, 4) is 0 Å². The minimum Gasteiger partial charge on any atom is -0.325 e. The van der Waals surface area contributed by atoms with Crippen LogP contribution in [0.15, 0.2) is 46.9 Å². The number of rotatable bonds is 6. The molecule has 0 saturated heterocycles. The van der Waals surface area contributed by atoms with Gasteiger partial charge in [0.25, 0.3) is 0 Å². The van der Waals surface area contributed by atoms with E-state index in [1.165, 1.54) is 16.6 Å². The number of thiophene rings is 1. The molecule has 1 aromatic carbocycles. The molecular weight excluding hydrogens is 376 g/mol. The van der Waals surface area contributed by atoms with Gasteiger partial charge < -0.3 is 9.88 Å². The second kappa shape index (κ2) is 8.03. The maximum atomic E-state index is 12.4. The minimum absolute atomic E-state index is 0.102. The highest BCUT2D eigenvalue weighted by atomic mass is 35.5. The van der Waals surface area contributed by atoms with E-state index in [2.05, 4.69) is 21.6 Å². The topological polar surface area (TPSA) is 59.8 Å². The van der Waals surface area contributed by atoms with E-state index in [0.717, 1.165) is 17.4 Å². The number of hydrogen-bond donors (Lipinski definition) is 1. The van der Waals surface area contributed by atoms with Gasteiger partial charge in [-0.15, -0.1) is 21.5 Å². The summed E-state index contributed by atoms with van der Waals surface area (Å²) in [4.78, 5) is 13.6. The molecule has 1 amide bonds. The maximum absolute atomic E-state index is 12.4. The highest BCUT2D eigenvalue weighted by molar-refractivity contribution is 8.00. The Bertz CT molecular complexity index is 863. The van der Waals surface area contributed by atoms with Gasteiger partial charge in [-0.2, -0.15) is 0 Å². The standard InChI is InChI=1S/C17H17ClN4OS2/c1-11(16(23)19-13-6-3-5-12(18)9-13)25-17-21-20-15(22(17)2)10-14-7-4-8-24-14/h3-9,11H,10H2,1-2H3,(H,19,23)/t11-/m0/s1. The fourth-order valence-corrected chi connectivity index (χ4v) is 3.92. The fourth-order valence-electron chi connectivity index (χ4n) is 2.19. The molecule has 25 heavy (non-hydrogen) atoms. The summed E-state index contributed by atoms with van der Waals surface area (Å²) in [5.41, 5.74) is 0.682. The molecule has 0 aliphatic rings. The molecule has 5 nitrogen and oxygen atoms in total. The normalized spacial score (nSPS) is 12.1. The number of hydrogen-bond acceptors (Lipinski definition) is 5. The SMILES string of the molecule is C[C@H](Sc1nnc(Cc2cccs2)n1C)C(=O)Nc1cccc(Cl)c1. The number of halogens is 1. The third kappa shape index (κ3) is 4.62. The van der Waals surface area contributed by atoms with E-state index in [-0.39, 0.29) is 11.2 Å². The molecule has 0 unspecified atom stereocenters. The summed E-state index contributed by atoms with van der Waals surface area (Å²) in [6, 6.07) is 11.2. The van der Waals surface area contributed by atoms with Gasteiger partial charge in [0.1, 0.15) is 5.82 Å². The second-order valence-corrected chi connectivity index (χ2v) is 8.25. The Morgan fingerprint density at radius 2 is 2.20 bits per heavy atom. The molecule has 0 saturated carbocycles. The largest absolute Gasteiger partial charge is 0.325 e. The van der Waals surface area contributed by atoms with Crippen molar-refractivity contribution in [1.82, 2.24) is 14.8 Å². The number of anilines is 1. The predicted octanol–water partition coefficient (Wildman–Crippen LogP) is 4.24. The van der Waals surface area contributed by atoms with Crippen molar-refractivity contribution in [2.75, 3.05) is 5.32 Å². The zero-order chi connectivity index (χ0) is 17.8. The van der Waals surface area contributed by atoms with Crippen LogP contribution in [-0.2, 0) is 18.3 Å². The lowest BCUT2D eigenvalue weighted by Crippen LogP contribution is -2.22. The summed E-state index contributed by atoms with van der Waals surface area (Å²) >= 11 is 9.02. The Balaban J connectivity index is 1.63. The van der Waals surface area contributed by atoms with Crippen molar-refractivity contribution in [3.63, 3.8) is 0 Å². The highest BCUT2D eigenvalue weighted by Crippen LogP contribution is 2.24. The zero-order valence-electron chi connectivity index (χ0n) is 13.8. The van der Waals surface area contributed by atoms with Crippen LogP contribution >= 0.6 is 34.7 Å². The molecule has 1 atom stereocenters. The molecule has 8 heteroatoms. The van der Waals surface area contributed by atoms with Crippen molar-refractivity contribution in [2.24, 2.45) is 7.05 Å². The molecule has 0 aliphatic carbocycles. The Labute approximate surface area is 159 Å². The van der Waals surface area contributed by atoms with Crippen LogP contribution in [0.1, 0.15) is 17.6 Å². The van der Waals surface area contributed by atoms with E-state index < -0.39 is 0 Å². The number of amides is 1. The van der Waals surface area contributed by atoms with Crippen molar-refractivity contribution < 1.29 is 4.79 Å². The lowest BCUT2D eigenvalue weighted by Gasteiger charge is -2.11. The molecule has 3 rings (SSSR count). The van der Waals surface area contributed by atoms with Crippen molar-refractivity contribution in [2.45, 2.75) is 23.8 Å². The van der Waals surface area contributed by atoms with Gasteiger partial charge in [-0.25, -0.2) is 0 Å². The average Bonchev–Trinajstić information content (AvgIpc) is 3.20. The van der Waals surface area contributed by atoms with Gasteiger partial charge in [-0.05, 0) is 36.6 Å². The third-order valence-corrected chi connectivity index (χ3v) is 5.83. The van der Waals surface area contributed by atoms with Gasteiger partial charge in [0, 0.05) is 29.1 Å². The third-order valence-electron chi connectivity index (χ3n) is 3.58. The first-order valence-corrected chi connectivity index (χ1v) is 9.80.